The van der Waals surface area contributed by atoms with Crippen LogP contribution in [0.4, 0.5) is 5.69 Å². The summed E-state index contributed by atoms with van der Waals surface area (Å²) in [5, 5.41) is 3.06. The molecule has 20 heavy (non-hydrogen) atoms. The number of hydrogen-bond donors (Lipinski definition) is 1. The van der Waals surface area contributed by atoms with Crippen LogP contribution < -0.4 is 5.73 Å². The molecule has 0 unspecified atom stereocenters. The molecule has 0 bridgehead atoms. The summed E-state index contributed by atoms with van der Waals surface area (Å²) in [7, 11) is 0. The number of pyridine rings is 2. The van der Waals surface area contributed by atoms with Gasteiger partial charge >= 0.3 is 0 Å². The lowest BCUT2D eigenvalue weighted by atomic mass is 10.0. The zero-order chi connectivity index (χ0) is 13.7. The summed E-state index contributed by atoms with van der Waals surface area (Å²) in [4.78, 5) is 9.22. The van der Waals surface area contributed by atoms with Gasteiger partial charge < -0.3 is 5.73 Å². The molecule has 2 aromatic heterocycles. The first-order chi connectivity index (χ1) is 9.74. The van der Waals surface area contributed by atoms with Crippen LogP contribution in [0.1, 0.15) is 5.56 Å². The standard InChI is InChI=1S/C17H13N3/c1-10-4-7-14-13(9-10)15(18)12-6-5-11-3-2-8-19-16(11)17(12)20-14/h2-9H,1H3,(H2,18,20). The van der Waals surface area contributed by atoms with Gasteiger partial charge in [0, 0.05) is 22.4 Å². The van der Waals surface area contributed by atoms with E-state index in [-0.39, 0.29) is 0 Å². The molecule has 0 fully saturated rings. The third kappa shape index (κ3) is 1.46. The molecule has 0 spiro atoms. The van der Waals surface area contributed by atoms with E-state index in [1.54, 1.807) is 6.20 Å². The number of hydrogen-bond acceptors (Lipinski definition) is 3. The molecule has 3 nitrogen and oxygen atoms in total. The largest absolute Gasteiger partial charge is 0.398 e. The number of fused-ring (bicyclic) bond motifs is 4. The molecular formula is C17H13N3. The van der Waals surface area contributed by atoms with Crippen LogP contribution in [0, 0.1) is 6.92 Å². The first-order valence-corrected chi connectivity index (χ1v) is 6.57. The van der Waals surface area contributed by atoms with E-state index in [0.717, 1.165) is 38.4 Å². The van der Waals surface area contributed by atoms with Gasteiger partial charge in [-0.3, -0.25) is 4.98 Å². The van der Waals surface area contributed by atoms with Crippen LogP contribution in [0.2, 0.25) is 0 Å². The molecule has 2 aromatic carbocycles. The van der Waals surface area contributed by atoms with Gasteiger partial charge in [0.1, 0.15) is 0 Å². The van der Waals surface area contributed by atoms with E-state index in [9.17, 15) is 0 Å². The molecule has 0 saturated heterocycles. The van der Waals surface area contributed by atoms with Crippen LogP contribution in [0.5, 0.6) is 0 Å². The fraction of sp³-hybridized carbons (Fsp3) is 0.0588. The highest BCUT2D eigenvalue weighted by atomic mass is 14.8. The number of rotatable bonds is 0. The Hall–Kier alpha value is -2.68. The predicted octanol–water partition coefficient (Wildman–Crippen LogP) is 3.83. The summed E-state index contributed by atoms with van der Waals surface area (Å²) in [6, 6.07) is 14.2. The SMILES string of the molecule is Cc1ccc2nc3c(ccc4cccnc43)c(N)c2c1. The van der Waals surface area contributed by atoms with Crippen molar-refractivity contribution in [3.8, 4) is 0 Å². The maximum Gasteiger partial charge on any atom is 0.0993 e. The van der Waals surface area contributed by atoms with Crippen LogP contribution in [-0.2, 0) is 0 Å². The predicted molar refractivity (Wildman–Crippen MR) is 83.7 cm³/mol. The molecule has 0 aliphatic heterocycles. The number of aryl methyl sites for hydroxylation is 1. The average Bonchev–Trinajstić information content (AvgIpc) is 2.48. The van der Waals surface area contributed by atoms with E-state index in [4.69, 9.17) is 10.7 Å². The molecule has 4 rings (SSSR count). The van der Waals surface area contributed by atoms with Crippen LogP contribution in [0.3, 0.4) is 0 Å². The van der Waals surface area contributed by atoms with Crippen LogP contribution in [-0.4, -0.2) is 9.97 Å². The van der Waals surface area contributed by atoms with Crippen molar-refractivity contribution in [1.82, 2.24) is 9.97 Å². The third-order valence-corrected chi connectivity index (χ3v) is 3.71. The molecule has 0 saturated carbocycles. The topological polar surface area (TPSA) is 51.8 Å². The molecule has 0 atom stereocenters. The van der Waals surface area contributed by atoms with E-state index in [1.165, 1.54) is 5.56 Å². The molecule has 0 radical (unpaired) electrons. The van der Waals surface area contributed by atoms with Crippen molar-refractivity contribution in [2.75, 3.05) is 5.73 Å². The smallest absolute Gasteiger partial charge is 0.0993 e. The highest BCUT2D eigenvalue weighted by Gasteiger charge is 2.09. The number of benzene rings is 2. The summed E-state index contributed by atoms with van der Waals surface area (Å²) in [6.07, 6.45) is 1.79. The summed E-state index contributed by atoms with van der Waals surface area (Å²) in [5.74, 6) is 0. The van der Waals surface area contributed by atoms with Crippen molar-refractivity contribution < 1.29 is 0 Å². The number of nitrogens with two attached hydrogens (primary N) is 1. The quantitative estimate of drug-likeness (QED) is 0.386. The Bertz CT molecular complexity index is 974. The molecular weight excluding hydrogens is 246 g/mol. The lowest BCUT2D eigenvalue weighted by Gasteiger charge is -2.09. The fourth-order valence-electron chi connectivity index (χ4n) is 2.69. The molecule has 0 amide bonds. The van der Waals surface area contributed by atoms with E-state index in [0.29, 0.717) is 0 Å². The van der Waals surface area contributed by atoms with Gasteiger partial charge in [-0.05, 0) is 31.2 Å². The summed E-state index contributed by atoms with van der Waals surface area (Å²) < 4.78 is 0. The van der Waals surface area contributed by atoms with Gasteiger partial charge in [-0.25, -0.2) is 4.98 Å². The number of nitrogen functional groups attached to an aromatic ring is 1. The van der Waals surface area contributed by atoms with Crippen LogP contribution in [0.15, 0.2) is 48.7 Å². The molecule has 4 aromatic rings. The zero-order valence-corrected chi connectivity index (χ0v) is 11.1. The Balaban J connectivity index is 2.28. The van der Waals surface area contributed by atoms with E-state index in [1.807, 2.05) is 30.3 Å². The fourth-order valence-corrected chi connectivity index (χ4v) is 2.69. The lowest BCUT2D eigenvalue weighted by Crippen LogP contribution is -1.94. The second kappa shape index (κ2) is 3.90. The van der Waals surface area contributed by atoms with Crippen molar-refractivity contribution >= 4 is 38.4 Å². The van der Waals surface area contributed by atoms with Gasteiger partial charge in [0.25, 0.3) is 0 Å². The first kappa shape index (κ1) is 11.2. The summed E-state index contributed by atoms with van der Waals surface area (Å²) in [5.41, 5.74) is 11.0. The number of nitrogens with zero attached hydrogens (tertiary/aromatic N) is 2. The second-order valence-electron chi connectivity index (χ2n) is 5.08. The number of aromatic nitrogens is 2. The highest BCUT2D eigenvalue weighted by Crippen LogP contribution is 2.32. The van der Waals surface area contributed by atoms with Crippen molar-refractivity contribution in [3.05, 3.63) is 54.2 Å². The van der Waals surface area contributed by atoms with E-state index >= 15 is 0 Å². The molecule has 0 aliphatic rings. The van der Waals surface area contributed by atoms with Gasteiger partial charge in [0.2, 0.25) is 0 Å². The Morgan fingerprint density at radius 1 is 0.950 bits per heavy atom. The first-order valence-electron chi connectivity index (χ1n) is 6.57. The highest BCUT2D eigenvalue weighted by molar-refractivity contribution is 6.14. The van der Waals surface area contributed by atoms with Crippen molar-refractivity contribution in [3.63, 3.8) is 0 Å². The average molecular weight is 259 g/mol. The van der Waals surface area contributed by atoms with E-state index in [2.05, 4.69) is 24.0 Å². The van der Waals surface area contributed by atoms with E-state index < -0.39 is 0 Å². The van der Waals surface area contributed by atoms with Gasteiger partial charge in [-0.2, -0.15) is 0 Å². The van der Waals surface area contributed by atoms with Gasteiger partial charge in [-0.1, -0.05) is 23.8 Å². The van der Waals surface area contributed by atoms with Crippen LogP contribution >= 0.6 is 0 Å². The number of anilines is 1. The summed E-state index contributed by atoms with van der Waals surface area (Å²) in [6.45, 7) is 2.06. The minimum absolute atomic E-state index is 0.779. The molecule has 2 heterocycles. The molecule has 2 N–H and O–H groups in total. The maximum absolute atomic E-state index is 6.35. The van der Waals surface area contributed by atoms with Crippen molar-refractivity contribution in [2.24, 2.45) is 0 Å². The monoisotopic (exact) mass is 259 g/mol. The maximum atomic E-state index is 6.35. The Labute approximate surface area is 116 Å². The normalized spacial score (nSPS) is 11.4. The van der Waals surface area contributed by atoms with Gasteiger partial charge in [-0.15, -0.1) is 0 Å². The van der Waals surface area contributed by atoms with Gasteiger partial charge in [0.15, 0.2) is 0 Å². The Kier molecular flexibility index (Phi) is 2.18. The molecule has 0 aliphatic carbocycles. The second-order valence-corrected chi connectivity index (χ2v) is 5.08. The minimum Gasteiger partial charge on any atom is -0.398 e. The molecule has 96 valence electrons. The zero-order valence-electron chi connectivity index (χ0n) is 11.1. The Morgan fingerprint density at radius 3 is 2.75 bits per heavy atom. The third-order valence-electron chi connectivity index (χ3n) is 3.71. The lowest BCUT2D eigenvalue weighted by molar-refractivity contribution is 1.40. The minimum atomic E-state index is 0.779. The Morgan fingerprint density at radius 2 is 1.85 bits per heavy atom. The molecule has 3 heteroatoms. The van der Waals surface area contributed by atoms with Crippen LogP contribution in [0.25, 0.3) is 32.7 Å². The van der Waals surface area contributed by atoms with Crippen molar-refractivity contribution in [2.45, 2.75) is 6.92 Å². The summed E-state index contributed by atoms with van der Waals surface area (Å²) >= 11 is 0. The van der Waals surface area contributed by atoms with Crippen molar-refractivity contribution in [1.29, 1.82) is 0 Å². The van der Waals surface area contributed by atoms with Gasteiger partial charge in [0.05, 0.1) is 22.2 Å².